The summed E-state index contributed by atoms with van der Waals surface area (Å²) < 4.78 is 31.8. The lowest BCUT2D eigenvalue weighted by atomic mass is 10.1. The smallest absolute Gasteiger partial charge is 0.321 e. The molecule has 0 aliphatic heterocycles. The molecule has 0 aromatic heterocycles. The second kappa shape index (κ2) is 9.39. The monoisotopic (exact) mass is 438 g/mol. The number of carbonyl (C=O) groups excluding carboxylic acids is 2. The summed E-state index contributed by atoms with van der Waals surface area (Å²) in [7, 11) is -3.88. The summed E-state index contributed by atoms with van der Waals surface area (Å²) in [6.45, 7) is 6.26. The van der Waals surface area contributed by atoms with Crippen molar-refractivity contribution in [3.63, 3.8) is 0 Å². The summed E-state index contributed by atoms with van der Waals surface area (Å²) in [6, 6.07) is 9.69. The summed E-state index contributed by atoms with van der Waals surface area (Å²) in [5.74, 6) is -1.43. The molecule has 1 atom stereocenters. The van der Waals surface area contributed by atoms with E-state index in [9.17, 15) is 18.0 Å². The van der Waals surface area contributed by atoms with Crippen LogP contribution in [0.1, 0.15) is 23.6 Å². The SMILES string of the molecule is Cc1ccc(S(=O)(=O)NCC(=O)OC(C)C(=O)Nc2cc(Cl)ccc2C)cc1C. The van der Waals surface area contributed by atoms with Crippen LogP contribution < -0.4 is 10.0 Å². The van der Waals surface area contributed by atoms with Gasteiger partial charge in [0.05, 0.1) is 4.90 Å². The lowest BCUT2D eigenvalue weighted by Gasteiger charge is -2.15. The van der Waals surface area contributed by atoms with E-state index in [2.05, 4.69) is 10.0 Å². The van der Waals surface area contributed by atoms with Crippen LogP contribution in [0.5, 0.6) is 0 Å². The van der Waals surface area contributed by atoms with Crippen molar-refractivity contribution in [2.75, 3.05) is 11.9 Å². The molecule has 0 heterocycles. The molecule has 2 aromatic rings. The molecule has 7 nitrogen and oxygen atoms in total. The number of benzene rings is 2. The fourth-order valence-electron chi connectivity index (χ4n) is 2.37. The Kier molecular flexibility index (Phi) is 7.40. The van der Waals surface area contributed by atoms with Crippen LogP contribution in [0.3, 0.4) is 0 Å². The van der Waals surface area contributed by atoms with Crippen molar-refractivity contribution in [2.24, 2.45) is 0 Å². The summed E-state index contributed by atoms with van der Waals surface area (Å²) in [5, 5.41) is 3.08. The van der Waals surface area contributed by atoms with Crippen molar-refractivity contribution in [1.29, 1.82) is 0 Å². The van der Waals surface area contributed by atoms with E-state index in [-0.39, 0.29) is 4.90 Å². The molecule has 0 spiro atoms. The Morgan fingerprint density at radius 2 is 1.69 bits per heavy atom. The first-order chi connectivity index (χ1) is 13.5. The molecule has 2 rings (SSSR count). The van der Waals surface area contributed by atoms with E-state index in [4.69, 9.17) is 16.3 Å². The molecule has 0 saturated heterocycles. The van der Waals surface area contributed by atoms with Crippen molar-refractivity contribution in [1.82, 2.24) is 4.72 Å². The van der Waals surface area contributed by atoms with Crippen molar-refractivity contribution in [2.45, 2.75) is 38.7 Å². The maximum atomic E-state index is 12.3. The van der Waals surface area contributed by atoms with E-state index in [0.717, 1.165) is 16.7 Å². The molecule has 2 N–H and O–H groups in total. The standard InChI is InChI=1S/C20H23ClN2O5S/c1-12-6-8-17(9-14(12)3)29(26,27)22-11-19(24)28-15(4)20(25)23-18-10-16(21)7-5-13(18)2/h5-10,15,22H,11H2,1-4H3,(H,23,25). The first-order valence-corrected chi connectivity index (χ1v) is 10.7. The van der Waals surface area contributed by atoms with Crippen LogP contribution in [0.25, 0.3) is 0 Å². The minimum atomic E-state index is -3.88. The van der Waals surface area contributed by atoms with Crippen LogP contribution in [0, 0.1) is 20.8 Å². The topological polar surface area (TPSA) is 102 Å². The predicted octanol–water partition coefficient (Wildman–Crippen LogP) is 3.11. The molecule has 0 radical (unpaired) electrons. The van der Waals surface area contributed by atoms with Gasteiger partial charge in [-0.25, -0.2) is 8.42 Å². The van der Waals surface area contributed by atoms with Gasteiger partial charge in [0, 0.05) is 10.7 Å². The number of amides is 1. The number of nitrogens with one attached hydrogen (secondary N) is 2. The van der Waals surface area contributed by atoms with Gasteiger partial charge in [0.2, 0.25) is 10.0 Å². The highest BCUT2D eigenvalue weighted by atomic mass is 35.5. The van der Waals surface area contributed by atoms with Gasteiger partial charge >= 0.3 is 5.97 Å². The maximum absolute atomic E-state index is 12.3. The van der Waals surface area contributed by atoms with Gasteiger partial charge in [-0.2, -0.15) is 4.72 Å². The van der Waals surface area contributed by atoms with E-state index >= 15 is 0 Å². The molecule has 0 fully saturated rings. The first-order valence-electron chi connectivity index (χ1n) is 8.83. The van der Waals surface area contributed by atoms with Crippen LogP contribution >= 0.6 is 11.6 Å². The highest BCUT2D eigenvalue weighted by Crippen LogP contribution is 2.20. The van der Waals surface area contributed by atoms with E-state index in [0.29, 0.717) is 10.7 Å². The molecule has 0 aliphatic carbocycles. The van der Waals surface area contributed by atoms with Crippen LogP contribution in [-0.4, -0.2) is 32.9 Å². The number of hydrogen-bond donors (Lipinski definition) is 2. The predicted molar refractivity (Wildman–Crippen MR) is 111 cm³/mol. The molecule has 1 amide bonds. The quantitative estimate of drug-likeness (QED) is 0.647. The zero-order chi connectivity index (χ0) is 21.8. The Hall–Kier alpha value is -2.42. The highest BCUT2D eigenvalue weighted by molar-refractivity contribution is 7.89. The summed E-state index contributed by atoms with van der Waals surface area (Å²) in [6.07, 6.45) is -1.12. The third kappa shape index (κ3) is 6.28. The number of carbonyl (C=O) groups is 2. The molecular weight excluding hydrogens is 416 g/mol. The Morgan fingerprint density at radius 3 is 2.34 bits per heavy atom. The van der Waals surface area contributed by atoms with E-state index in [1.165, 1.54) is 19.1 Å². The fraction of sp³-hybridized carbons (Fsp3) is 0.300. The third-order valence-corrected chi connectivity index (χ3v) is 5.96. The Balaban J connectivity index is 1.93. The second-order valence-corrected chi connectivity index (χ2v) is 8.85. The van der Waals surface area contributed by atoms with Gasteiger partial charge in [-0.05, 0) is 68.7 Å². The molecule has 29 heavy (non-hydrogen) atoms. The normalized spacial score (nSPS) is 12.3. The molecular formula is C20H23ClN2O5S. The number of anilines is 1. The Labute approximate surface area is 175 Å². The number of esters is 1. The molecule has 0 saturated carbocycles. The van der Waals surface area contributed by atoms with Crippen molar-refractivity contribution in [3.8, 4) is 0 Å². The summed E-state index contributed by atoms with van der Waals surface area (Å²) in [5.41, 5.74) is 3.07. The maximum Gasteiger partial charge on any atom is 0.321 e. The number of aryl methyl sites for hydroxylation is 3. The van der Waals surface area contributed by atoms with Gasteiger partial charge < -0.3 is 10.1 Å². The van der Waals surface area contributed by atoms with Crippen molar-refractivity contribution in [3.05, 3.63) is 58.1 Å². The van der Waals surface area contributed by atoms with Crippen LogP contribution in [0.2, 0.25) is 5.02 Å². The third-order valence-electron chi connectivity index (χ3n) is 4.33. The van der Waals surface area contributed by atoms with Crippen molar-refractivity contribution < 1.29 is 22.7 Å². The molecule has 0 bridgehead atoms. The fourth-order valence-corrected chi connectivity index (χ4v) is 3.60. The van der Waals surface area contributed by atoms with E-state index in [1.807, 2.05) is 6.92 Å². The van der Waals surface area contributed by atoms with Gasteiger partial charge in [-0.3, -0.25) is 9.59 Å². The zero-order valence-electron chi connectivity index (χ0n) is 16.6. The molecule has 156 valence electrons. The number of sulfonamides is 1. The molecule has 0 aliphatic rings. The van der Waals surface area contributed by atoms with Gasteiger partial charge in [-0.15, -0.1) is 0 Å². The largest absolute Gasteiger partial charge is 0.452 e. The molecule has 2 aromatic carbocycles. The van der Waals surface area contributed by atoms with E-state index < -0.39 is 34.5 Å². The lowest BCUT2D eigenvalue weighted by molar-refractivity contribution is -0.151. The zero-order valence-corrected chi connectivity index (χ0v) is 18.1. The second-order valence-electron chi connectivity index (χ2n) is 6.65. The average molecular weight is 439 g/mol. The van der Waals surface area contributed by atoms with Gasteiger partial charge in [0.1, 0.15) is 6.54 Å². The number of halogens is 1. The number of rotatable bonds is 7. The van der Waals surface area contributed by atoms with Crippen LogP contribution in [0.4, 0.5) is 5.69 Å². The van der Waals surface area contributed by atoms with Crippen molar-refractivity contribution >= 4 is 39.2 Å². The Morgan fingerprint density at radius 1 is 1.03 bits per heavy atom. The minimum Gasteiger partial charge on any atom is -0.452 e. The minimum absolute atomic E-state index is 0.0515. The van der Waals surface area contributed by atoms with Crippen LogP contribution in [0.15, 0.2) is 41.3 Å². The van der Waals surface area contributed by atoms with E-state index in [1.54, 1.807) is 38.1 Å². The molecule has 9 heteroatoms. The van der Waals surface area contributed by atoms with Gasteiger partial charge in [0.25, 0.3) is 5.91 Å². The molecule has 1 unspecified atom stereocenters. The average Bonchev–Trinajstić information content (AvgIpc) is 2.65. The first kappa shape index (κ1) is 22.9. The Bertz CT molecular complexity index is 1040. The number of hydrogen-bond acceptors (Lipinski definition) is 5. The summed E-state index contributed by atoms with van der Waals surface area (Å²) >= 11 is 5.92. The van der Waals surface area contributed by atoms with Gasteiger partial charge in [-0.1, -0.05) is 23.7 Å². The van der Waals surface area contributed by atoms with Gasteiger partial charge in [0.15, 0.2) is 6.10 Å². The highest BCUT2D eigenvalue weighted by Gasteiger charge is 2.21. The van der Waals surface area contributed by atoms with Crippen LogP contribution in [-0.2, 0) is 24.3 Å². The number of ether oxygens (including phenoxy) is 1. The summed E-state index contributed by atoms with van der Waals surface area (Å²) in [4.78, 5) is 24.3. The lowest BCUT2D eigenvalue weighted by Crippen LogP contribution is -2.36.